The van der Waals surface area contributed by atoms with E-state index in [-0.39, 0.29) is 35.5 Å². The summed E-state index contributed by atoms with van der Waals surface area (Å²) in [6.45, 7) is 27.2. The van der Waals surface area contributed by atoms with Gasteiger partial charge in [0.15, 0.2) is 0 Å². The van der Waals surface area contributed by atoms with Gasteiger partial charge in [-0.3, -0.25) is 4.79 Å². The number of phenolic OH excluding ortho intramolecular Hbond substituents is 2. The molecule has 5 heteroatoms. The number of carbonyl (C=O) groups is 1. The number of aliphatic hydroxyl groups excluding tert-OH is 1. The maximum atomic E-state index is 14.4. The predicted molar refractivity (Wildman–Crippen MR) is 174 cm³/mol. The number of ether oxygens (including phenoxy) is 1. The molecule has 3 N–H and O–H groups in total. The van der Waals surface area contributed by atoms with Crippen molar-refractivity contribution in [3.63, 3.8) is 0 Å². The van der Waals surface area contributed by atoms with Crippen molar-refractivity contribution in [3.8, 4) is 11.5 Å². The summed E-state index contributed by atoms with van der Waals surface area (Å²) in [7, 11) is 0. The summed E-state index contributed by atoms with van der Waals surface area (Å²) >= 11 is 0. The molecule has 0 aromatic heterocycles. The first kappa shape index (κ1) is 35.7. The molecular weight excluding hydrogens is 524 g/mol. The monoisotopic (exact) mass is 582 g/mol. The van der Waals surface area contributed by atoms with Gasteiger partial charge in [-0.1, -0.05) is 114 Å². The number of carbonyl (C=O) groups excluding carboxylic acids is 1. The zero-order chi connectivity index (χ0) is 32.5. The van der Waals surface area contributed by atoms with Gasteiger partial charge < -0.3 is 20.1 Å². The molecule has 0 saturated carbocycles. The third-order valence-corrected chi connectivity index (χ3v) is 8.34. The van der Waals surface area contributed by atoms with Crippen LogP contribution in [0.3, 0.4) is 0 Å². The fourth-order valence-corrected chi connectivity index (χ4v) is 5.28. The number of phenols is 2. The molecule has 2 rings (SSSR count). The second-order valence-electron chi connectivity index (χ2n) is 16.2. The summed E-state index contributed by atoms with van der Waals surface area (Å²) in [4.78, 5) is 14.4. The maximum Gasteiger partial charge on any atom is 0.321 e. The molecule has 0 aliphatic heterocycles. The van der Waals surface area contributed by atoms with Crippen molar-refractivity contribution in [2.75, 3.05) is 13.2 Å². The molecule has 0 heterocycles. The summed E-state index contributed by atoms with van der Waals surface area (Å²) in [5, 5.41) is 33.0. The normalized spacial score (nSPS) is 13.4. The highest BCUT2D eigenvalue weighted by Gasteiger charge is 2.46. The predicted octanol–water partition coefficient (Wildman–Crippen LogP) is 8.69. The van der Waals surface area contributed by atoms with Gasteiger partial charge in [-0.25, -0.2) is 0 Å². The summed E-state index contributed by atoms with van der Waals surface area (Å²) in [6, 6.07) is 7.93. The molecule has 236 valence electrons. The van der Waals surface area contributed by atoms with Gasteiger partial charge in [0.2, 0.25) is 0 Å². The molecule has 42 heavy (non-hydrogen) atoms. The van der Waals surface area contributed by atoms with Gasteiger partial charge in [-0.05, 0) is 70.1 Å². The van der Waals surface area contributed by atoms with Crippen LogP contribution < -0.4 is 0 Å². The van der Waals surface area contributed by atoms with Crippen molar-refractivity contribution in [1.82, 2.24) is 0 Å². The van der Waals surface area contributed by atoms with Crippen LogP contribution in [0.25, 0.3) is 0 Å². The molecule has 0 unspecified atom stereocenters. The van der Waals surface area contributed by atoms with Crippen LogP contribution in [0.15, 0.2) is 24.3 Å². The van der Waals surface area contributed by atoms with E-state index < -0.39 is 22.2 Å². The summed E-state index contributed by atoms with van der Waals surface area (Å²) in [6.07, 6.45) is 3.09. The first-order chi connectivity index (χ1) is 19.0. The summed E-state index contributed by atoms with van der Waals surface area (Å²) in [5.41, 5.74) is 1.53. The zero-order valence-electron chi connectivity index (χ0n) is 28.7. The minimum atomic E-state index is -1.50. The Balaban J connectivity index is 3.02. The Hall–Kier alpha value is -2.53. The molecule has 0 fully saturated rings. The fourth-order valence-electron chi connectivity index (χ4n) is 5.28. The minimum Gasteiger partial charge on any atom is -0.507 e. The number of hydrogen-bond donors (Lipinski definition) is 3. The molecule has 0 aliphatic rings. The van der Waals surface area contributed by atoms with E-state index in [0.717, 1.165) is 41.5 Å². The zero-order valence-corrected chi connectivity index (χ0v) is 28.7. The van der Waals surface area contributed by atoms with Crippen LogP contribution in [0, 0.1) is 0 Å². The number of rotatable bonds is 9. The SMILES string of the molecule is CC(C)(C)c1cc(C(C)(C)C)c(O)c(C(C)(C(=O)OCCCCCCO)c2cc(C(C)(C)C)cc(C(C)(C)C)c2O)c1. The highest BCUT2D eigenvalue weighted by molar-refractivity contribution is 5.90. The largest absolute Gasteiger partial charge is 0.507 e. The van der Waals surface area contributed by atoms with Gasteiger partial charge in [0.05, 0.1) is 6.61 Å². The van der Waals surface area contributed by atoms with Crippen molar-refractivity contribution in [1.29, 1.82) is 0 Å². The smallest absolute Gasteiger partial charge is 0.321 e. The van der Waals surface area contributed by atoms with Crippen LogP contribution >= 0.6 is 0 Å². The highest BCUT2D eigenvalue weighted by Crippen LogP contribution is 2.50. The molecular formula is C37H58O5. The van der Waals surface area contributed by atoms with Gasteiger partial charge >= 0.3 is 5.97 Å². The molecule has 0 amide bonds. The lowest BCUT2D eigenvalue weighted by Gasteiger charge is -2.36. The number of hydrogen-bond acceptors (Lipinski definition) is 5. The number of benzene rings is 2. The van der Waals surface area contributed by atoms with Crippen LogP contribution in [0.2, 0.25) is 0 Å². The highest BCUT2D eigenvalue weighted by atomic mass is 16.5. The van der Waals surface area contributed by atoms with Crippen molar-refractivity contribution >= 4 is 5.97 Å². The van der Waals surface area contributed by atoms with E-state index >= 15 is 0 Å². The second-order valence-corrected chi connectivity index (χ2v) is 16.2. The molecule has 0 saturated heterocycles. The van der Waals surface area contributed by atoms with Gasteiger partial charge in [0, 0.05) is 17.7 Å². The third kappa shape index (κ3) is 7.89. The molecule has 0 radical (unpaired) electrons. The van der Waals surface area contributed by atoms with E-state index in [0.29, 0.717) is 17.5 Å². The van der Waals surface area contributed by atoms with Gasteiger partial charge in [0.25, 0.3) is 0 Å². The lowest BCUT2D eigenvalue weighted by atomic mass is 9.68. The van der Waals surface area contributed by atoms with Crippen molar-refractivity contribution in [2.45, 2.75) is 143 Å². The Morgan fingerprint density at radius 2 is 0.929 bits per heavy atom. The first-order valence-corrected chi connectivity index (χ1v) is 15.5. The summed E-state index contributed by atoms with van der Waals surface area (Å²) < 4.78 is 5.98. The van der Waals surface area contributed by atoms with E-state index in [1.54, 1.807) is 6.92 Å². The van der Waals surface area contributed by atoms with E-state index in [1.807, 2.05) is 24.3 Å². The Kier molecular flexibility index (Phi) is 10.7. The van der Waals surface area contributed by atoms with E-state index in [9.17, 15) is 15.0 Å². The van der Waals surface area contributed by atoms with Crippen molar-refractivity contribution in [2.24, 2.45) is 0 Å². The Bertz CT molecular complexity index is 1160. The number of aliphatic hydroxyl groups is 1. The average Bonchev–Trinajstić information content (AvgIpc) is 2.82. The topological polar surface area (TPSA) is 87.0 Å². The van der Waals surface area contributed by atoms with E-state index in [4.69, 9.17) is 9.84 Å². The molecule has 0 atom stereocenters. The lowest BCUT2D eigenvalue weighted by Crippen LogP contribution is -2.38. The van der Waals surface area contributed by atoms with Crippen LogP contribution in [0.4, 0.5) is 0 Å². The van der Waals surface area contributed by atoms with Crippen molar-refractivity contribution < 1.29 is 24.9 Å². The third-order valence-electron chi connectivity index (χ3n) is 8.34. The first-order valence-electron chi connectivity index (χ1n) is 15.5. The van der Waals surface area contributed by atoms with Crippen molar-refractivity contribution in [3.05, 3.63) is 57.6 Å². The second kappa shape index (κ2) is 12.6. The Morgan fingerprint density at radius 1 is 0.571 bits per heavy atom. The van der Waals surface area contributed by atoms with Crippen LogP contribution in [-0.2, 0) is 36.6 Å². The number of aromatic hydroxyl groups is 2. The van der Waals surface area contributed by atoms with E-state index in [1.165, 1.54) is 0 Å². The van der Waals surface area contributed by atoms with Crippen LogP contribution in [0.5, 0.6) is 11.5 Å². The van der Waals surface area contributed by atoms with Crippen LogP contribution in [0.1, 0.15) is 149 Å². The Morgan fingerprint density at radius 3 is 1.26 bits per heavy atom. The van der Waals surface area contributed by atoms with Gasteiger partial charge in [-0.2, -0.15) is 0 Å². The maximum absolute atomic E-state index is 14.4. The molecule has 0 spiro atoms. The fraction of sp³-hybridized carbons (Fsp3) is 0.649. The number of esters is 1. The molecule has 2 aromatic rings. The average molecular weight is 583 g/mol. The molecule has 0 aliphatic carbocycles. The number of unbranched alkanes of at least 4 members (excludes halogenated alkanes) is 3. The molecule has 0 bridgehead atoms. The van der Waals surface area contributed by atoms with E-state index in [2.05, 4.69) is 83.1 Å². The molecule has 5 nitrogen and oxygen atoms in total. The minimum absolute atomic E-state index is 0.0516. The van der Waals surface area contributed by atoms with Crippen LogP contribution in [-0.4, -0.2) is 34.5 Å². The standard InChI is InChI=1S/C37H58O5/c1-33(2,3)24-20-26(35(7,8)9)30(39)28(22-24)37(13,32(41)42-19-17-15-14-16-18-38)29-23-25(34(4,5)6)21-27(31(29)40)36(10,11)12/h20-23,38-40H,14-19H2,1-13H3. The lowest BCUT2D eigenvalue weighted by molar-refractivity contribution is -0.148. The molecule has 2 aromatic carbocycles. The van der Waals surface area contributed by atoms with Gasteiger partial charge in [-0.15, -0.1) is 0 Å². The quantitative estimate of drug-likeness (QED) is 0.203. The Labute approximate surface area is 255 Å². The van der Waals surface area contributed by atoms with Gasteiger partial charge in [0.1, 0.15) is 16.9 Å². The summed E-state index contributed by atoms with van der Waals surface area (Å²) in [5.74, 6) is -0.404.